The molecule has 1 aromatic carbocycles. The first-order valence-corrected chi connectivity index (χ1v) is 28.8. The molecule has 332 valence electrons. The van der Waals surface area contributed by atoms with Crippen molar-refractivity contribution >= 4 is 45.0 Å². The maximum Gasteiger partial charge on any atom is 0.192 e. The lowest BCUT2D eigenvalue weighted by molar-refractivity contribution is -0.118. The monoisotopic (exact) mass is 952 g/mol. The van der Waals surface area contributed by atoms with Gasteiger partial charge in [-0.2, -0.15) is 0 Å². The van der Waals surface area contributed by atoms with E-state index < -0.39 is 22.7 Å². The van der Waals surface area contributed by atoms with Crippen molar-refractivity contribution in [1.29, 1.82) is 0 Å². The van der Waals surface area contributed by atoms with Gasteiger partial charge in [0.15, 0.2) is 22.4 Å². The summed E-state index contributed by atoms with van der Waals surface area (Å²) < 4.78 is 28.0. The molecule has 10 atom stereocenters. The third-order valence-electron chi connectivity index (χ3n) is 13.1. The van der Waals surface area contributed by atoms with Crippen molar-refractivity contribution in [3.8, 4) is 5.75 Å². The quantitative estimate of drug-likeness (QED) is 0.0432. The molecule has 1 aromatic rings. The summed E-state index contributed by atoms with van der Waals surface area (Å²) in [6, 6.07) is 7.86. The van der Waals surface area contributed by atoms with E-state index in [4.69, 9.17) is 18.3 Å². The Bertz CT molecular complexity index is 1440. The first kappa shape index (κ1) is 54.7. The summed E-state index contributed by atoms with van der Waals surface area (Å²) in [6.07, 6.45) is 14.0. The van der Waals surface area contributed by atoms with Gasteiger partial charge in [-0.1, -0.05) is 155 Å². The minimum Gasteiger partial charge on any atom is -0.497 e. The second-order valence-corrected chi connectivity index (χ2v) is 30.5. The average Bonchev–Trinajstić information content (AvgIpc) is 3.13. The number of aliphatic hydroxyl groups excluding tert-OH is 1. The van der Waals surface area contributed by atoms with Gasteiger partial charge in [0.2, 0.25) is 0 Å². The van der Waals surface area contributed by atoms with E-state index in [1.165, 1.54) is 0 Å². The van der Waals surface area contributed by atoms with Crippen LogP contribution in [0.3, 0.4) is 0 Å². The number of rotatable bonds is 26. The molecule has 0 radical (unpaired) electrons. The van der Waals surface area contributed by atoms with Crippen molar-refractivity contribution < 1.29 is 28.2 Å². The number of methoxy groups -OCH3 is 1. The van der Waals surface area contributed by atoms with Gasteiger partial charge in [0, 0.05) is 24.2 Å². The molecule has 0 fully saturated rings. The van der Waals surface area contributed by atoms with E-state index in [1.807, 2.05) is 40.5 Å². The van der Waals surface area contributed by atoms with Crippen LogP contribution < -0.4 is 4.74 Å². The number of hydrogen-bond acceptors (Lipinski definition) is 6. The first-order chi connectivity index (χ1) is 26.7. The van der Waals surface area contributed by atoms with Gasteiger partial charge in [0.1, 0.15) is 5.75 Å². The summed E-state index contributed by atoms with van der Waals surface area (Å²) in [4.78, 5) is 13.6. The van der Waals surface area contributed by atoms with Gasteiger partial charge in [0.05, 0.1) is 38.1 Å². The molecule has 0 aliphatic rings. The Morgan fingerprint density at radius 1 is 0.810 bits per heavy atom. The van der Waals surface area contributed by atoms with E-state index in [-0.39, 0.29) is 63.8 Å². The molecule has 58 heavy (non-hydrogen) atoms. The number of halogens is 1. The lowest BCUT2D eigenvalue weighted by Gasteiger charge is -2.43. The second-order valence-electron chi connectivity index (χ2n) is 20.2. The molecule has 6 nitrogen and oxygen atoms in total. The highest BCUT2D eigenvalue weighted by Crippen LogP contribution is 2.42. The number of hydrogen-bond donors (Lipinski definition) is 1. The molecule has 0 amide bonds. The van der Waals surface area contributed by atoms with Gasteiger partial charge in [0.25, 0.3) is 0 Å². The molecule has 1 rings (SSSR count). The zero-order chi connectivity index (χ0) is 44.6. The zero-order valence-electron chi connectivity index (χ0n) is 39.7. The van der Waals surface area contributed by atoms with Crippen molar-refractivity contribution in [2.24, 2.45) is 35.5 Å². The number of aliphatic hydroxyl groups is 1. The Morgan fingerprint density at radius 2 is 1.38 bits per heavy atom. The zero-order valence-corrected chi connectivity index (χ0v) is 43.9. The third-order valence-corrected chi connectivity index (χ3v) is 22.5. The molecule has 0 heterocycles. The van der Waals surface area contributed by atoms with Gasteiger partial charge < -0.3 is 23.4 Å². The Morgan fingerprint density at radius 3 is 1.90 bits per heavy atom. The summed E-state index contributed by atoms with van der Waals surface area (Å²) >= 11 is 2.23. The van der Waals surface area contributed by atoms with Crippen LogP contribution in [0.1, 0.15) is 114 Å². The third kappa shape index (κ3) is 18.3. The molecular formula is C49H85IO6Si2. The van der Waals surface area contributed by atoms with Crippen LogP contribution in [0.5, 0.6) is 5.75 Å². The van der Waals surface area contributed by atoms with E-state index in [2.05, 4.69) is 151 Å². The SMILES string of the molecule is C=C/C=C/[C@H](C)[C@H](O)[C@@H](C)[C@@H](CC[C@H](C)C[C@H](C)[C@@H](O[Si](C)(C)C(C)(C)C)[C@@H](C)/C=C/C(=O)C[C@H](OCc1ccc(OC)cc1)[C@H](C)/C=C/I)O[Si](C)(C)C(C)(C)C. The minimum absolute atomic E-state index is 0.000319. The van der Waals surface area contributed by atoms with Gasteiger partial charge in [-0.05, 0) is 101 Å². The summed E-state index contributed by atoms with van der Waals surface area (Å²) in [6.45, 7) is 40.4. The number of benzene rings is 1. The summed E-state index contributed by atoms with van der Waals surface area (Å²) in [5, 5.41) is 11.6. The maximum atomic E-state index is 13.6. The maximum absolute atomic E-state index is 13.6. The minimum atomic E-state index is -2.14. The molecule has 0 aromatic heterocycles. The Labute approximate surface area is 372 Å². The molecule has 0 aliphatic carbocycles. The highest BCUT2D eigenvalue weighted by molar-refractivity contribution is 14.1. The van der Waals surface area contributed by atoms with Crippen LogP contribution in [0.25, 0.3) is 0 Å². The highest BCUT2D eigenvalue weighted by atomic mass is 127. The van der Waals surface area contributed by atoms with Crippen molar-refractivity contribution in [3.05, 3.63) is 76.9 Å². The highest BCUT2D eigenvalue weighted by Gasteiger charge is 2.43. The molecule has 1 N–H and O–H groups in total. The fraction of sp³-hybridized carbons (Fsp3) is 0.694. The standard InChI is InChI=1S/C49H85IO6Si2/c1-19-20-21-37(4)46(52)40(7)44(55-57(15,16)48(8,9)10)29-22-35(2)32-39(6)47(56-58(17,18)49(11,12)13)38(5)23-26-42(51)33-45(36(3)30-31-50)54-34-41-24-27-43(53-14)28-25-41/h19-21,23-28,30-31,35-40,44-47,52H,1,22,29,32-34H2,2-18H3/b21-20+,26-23+,31-30+/t35-,36+,37-,38-,39-,40-,44+,45-,46-,47-/m0/s1. The fourth-order valence-electron chi connectivity index (χ4n) is 6.84. The van der Waals surface area contributed by atoms with Gasteiger partial charge >= 0.3 is 0 Å². The molecule has 0 spiro atoms. The van der Waals surface area contributed by atoms with Crippen molar-refractivity contribution in [1.82, 2.24) is 0 Å². The van der Waals surface area contributed by atoms with Gasteiger partial charge in [-0.3, -0.25) is 4.79 Å². The fourth-order valence-corrected chi connectivity index (χ4v) is 10.4. The van der Waals surface area contributed by atoms with Crippen LogP contribution in [0.15, 0.2) is 71.4 Å². The van der Waals surface area contributed by atoms with E-state index in [0.29, 0.717) is 18.9 Å². The summed E-state index contributed by atoms with van der Waals surface area (Å²) in [5.74, 6) is 1.65. The smallest absolute Gasteiger partial charge is 0.192 e. The van der Waals surface area contributed by atoms with Gasteiger partial charge in [-0.15, -0.1) is 0 Å². The van der Waals surface area contributed by atoms with Crippen LogP contribution >= 0.6 is 22.6 Å². The van der Waals surface area contributed by atoms with E-state index in [0.717, 1.165) is 30.6 Å². The normalized spacial score (nSPS) is 18.7. The van der Waals surface area contributed by atoms with Crippen LogP contribution in [-0.2, 0) is 25.0 Å². The topological polar surface area (TPSA) is 74.2 Å². The Balaban J connectivity index is 3.26. The van der Waals surface area contributed by atoms with E-state index in [1.54, 1.807) is 19.3 Å². The molecule has 0 aliphatic heterocycles. The molecule has 0 saturated carbocycles. The van der Waals surface area contributed by atoms with Crippen LogP contribution in [0.4, 0.5) is 0 Å². The number of ether oxygens (including phenoxy) is 2. The van der Waals surface area contributed by atoms with Crippen molar-refractivity contribution in [2.75, 3.05) is 7.11 Å². The Hall–Kier alpha value is -1.35. The lowest BCUT2D eigenvalue weighted by atomic mass is 9.82. The lowest BCUT2D eigenvalue weighted by Crippen LogP contribution is -2.48. The van der Waals surface area contributed by atoms with Crippen LogP contribution in [0, 0.1) is 35.5 Å². The van der Waals surface area contributed by atoms with Gasteiger partial charge in [-0.25, -0.2) is 0 Å². The van der Waals surface area contributed by atoms with Crippen molar-refractivity contribution in [2.45, 2.75) is 176 Å². The molecule has 0 saturated heterocycles. The average molecular weight is 953 g/mol. The van der Waals surface area contributed by atoms with E-state index >= 15 is 0 Å². The summed E-state index contributed by atoms with van der Waals surface area (Å²) in [5.41, 5.74) is 1.04. The molecule has 0 bridgehead atoms. The number of ketones is 1. The van der Waals surface area contributed by atoms with Crippen molar-refractivity contribution in [3.63, 3.8) is 0 Å². The molecule has 9 heteroatoms. The number of carbonyl (C=O) groups is 1. The number of allylic oxidation sites excluding steroid dienone is 3. The second kappa shape index (κ2) is 24.9. The predicted octanol–water partition coefficient (Wildman–Crippen LogP) is 13.9. The van der Waals surface area contributed by atoms with E-state index in [9.17, 15) is 9.90 Å². The summed E-state index contributed by atoms with van der Waals surface area (Å²) in [7, 11) is -2.57. The predicted molar refractivity (Wildman–Crippen MR) is 262 cm³/mol. The number of carbonyl (C=O) groups excluding carboxylic acids is 1. The van der Waals surface area contributed by atoms with Crippen LogP contribution in [-0.4, -0.2) is 59.1 Å². The largest absolute Gasteiger partial charge is 0.497 e. The Kier molecular flexibility index (Phi) is 23.5. The molecule has 0 unspecified atom stereocenters. The first-order valence-electron chi connectivity index (χ1n) is 21.8. The molecular weight excluding hydrogens is 868 g/mol. The van der Waals surface area contributed by atoms with Crippen LogP contribution in [0.2, 0.25) is 36.3 Å².